The lowest BCUT2D eigenvalue weighted by Gasteiger charge is -2.14. The van der Waals surface area contributed by atoms with E-state index in [4.69, 9.17) is 9.47 Å². The van der Waals surface area contributed by atoms with Gasteiger partial charge < -0.3 is 14.8 Å². The average molecular weight is 203 g/mol. The van der Waals surface area contributed by atoms with Crippen LogP contribution in [0.3, 0.4) is 0 Å². The third-order valence-electron chi connectivity index (χ3n) is 1.85. The molecule has 1 unspecified atom stereocenters. The van der Waals surface area contributed by atoms with Crippen molar-refractivity contribution in [2.24, 2.45) is 0 Å². The Morgan fingerprint density at radius 3 is 2.64 bits per heavy atom. The number of esters is 1. The number of unbranched alkanes of at least 4 members (excludes halogenated alkanes) is 1. The van der Waals surface area contributed by atoms with Crippen LogP contribution in [-0.2, 0) is 14.3 Å². The molecule has 0 aromatic carbocycles. The maximum atomic E-state index is 11.3. The summed E-state index contributed by atoms with van der Waals surface area (Å²) >= 11 is 0. The fourth-order valence-electron chi connectivity index (χ4n) is 0.960. The molecule has 0 heterocycles. The van der Waals surface area contributed by atoms with E-state index in [0.717, 1.165) is 12.8 Å². The fraction of sp³-hybridized carbons (Fsp3) is 0.900. The lowest BCUT2D eigenvalue weighted by Crippen LogP contribution is -2.39. The first-order valence-corrected chi connectivity index (χ1v) is 5.17. The van der Waals surface area contributed by atoms with Crippen molar-refractivity contribution in [1.82, 2.24) is 5.32 Å². The maximum absolute atomic E-state index is 11.3. The van der Waals surface area contributed by atoms with Gasteiger partial charge in [0.15, 0.2) is 0 Å². The summed E-state index contributed by atoms with van der Waals surface area (Å²) in [7, 11) is 1.73. The van der Waals surface area contributed by atoms with E-state index in [1.807, 2.05) is 0 Å². The zero-order chi connectivity index (χ0) is 10.8. The molecule has 84 valence electrons. The molecule has 4 nitrogen and oxygen atoms in total. The van der Waals surface area contributed by atoms with Crippen molar-refractivity contribution in [2.45, 2.75) is 32.7 Å². The summed E-state index contributed by atoms with van der Waals surface area (Å²) in [5, 5.41) is 2.86. The van der Waals surface area contributed by atoms with E-state index in [0.29, 0.717) is 19.8 Å². The van der Waals surface area contributed by atoms with Crippen molar-refractivity contribution < 1.29 is 14.3 Å². The van der Waals surface area contributed by atoms with Crippen LogP contribution < -0.4 is 5.32 Å². The summed E-state index contributed by atoms with van der Waals surface area (Å²) < 4.78 is 10.2. The molecule has 0 amide bonds. The highest BCUT2D eigenvalue weighted by atomic mass is 16.5. The minimum absolute atomic E-state index is 0.244. The second-order valence-electron chi connectivity index (χ2n) is 3.02. The quantitative estimate of drug-likeness (QED) is 0.471. The van der Waals surface area contributed by atoms with E-state index in [9.17, 15) is 4.79 Å². The molecule has 0 radical (unpaired) electrons. The molecule has 0 aromatic rings. The van der Waals surface area contributed by atoms with Crippen LogP contribution >= 0.6 is 0 Å². The summed E-state index contributed by atoms with van der Waals surface area (Å²) in [6, 6.07) is -0.341. The monoisotopic (exact) mass is 203 g/mol. The first-order chi connectivity index (χ1) is 6.76. The molecule has 0 saturated carbocycles. The summed E-state index contributed by atoms with van der Waals surface area (Å²) in [5.41, 5.74) is 0. The molecule has 0 aromatic heterocycles. The largest absolute Gasteiger partial charge is 0.465 e. The van der Waals surface area contributed by atoms with Gasteiger partial charge in [-0.25, -0.2) is 0 Å². The molecule has 0 saturated heterocycles. The van der Waals surface area contributed by atoms with Gasteiger partial charge >= 0.3 is 5.97 Å². The lowest BCUT2D eigenvalue weighted by atomic mass is 10.3. The Labute approximate surface area is 86.0 Å². The van der Waals surface area contributed by atoms with E-state index in [2.05, 4.69) is 12.2 Å². The van der Waals surface area contributed by atoms with Crippen LogP contribution in [0.25, 0.3) is 0 Å². The molecule has 1 atom stereocenters. The minimum atomic E-state index is -0.341. The Balaban J connectivity index is 3.62. The molecule has 0 aliphatic carbocycles. The average Bonchev–Trinajstić information content (AvgIpc) is 2.18. The van der Waals surface area contributed by atoms with E-state index >= 15 is 0 Å². The van der Waals surface area contributed by atoms with Crippen molar-refractivity contribution in [3.63, 3.8) is 0 Å². The number of hydrogen-bond acceptors (Lipinski definition) is 4. The van der Waals surface area contributed by atoms with Gasteiger partial charge in [0, 0.05) is 6.61 Å². The second kappa shape index (κ2) is 8.97. The minimum Gasteiger partial charge on any atom is -0.465 e. The van der Waals surface area contributed by atoms with Crippen LogP contribution in [0.4, 0.5) is 0 Å². The third kappa shape index (κ3) is 5.94. The highest BCUT2D eigenvalue weighted by Crippen LogP contribution is 1.93. The first kappa shape index (κ1) is 13.4. The predicted octanol–water partition coefficient (Wildman–Crippen LogP) is 0.954. The lowest BCUT2D eigenvalue weighted by molar-refractivity contribution is -0.147. The molecule has 0 rings (SSSR count). The molecule has 0 bridgehead atoms. The Hall–Kier alpha value is -0.610. The van der Waals surface area contributed by atoms with Gasteiger partial charge in [-0.15, -0.1) is 0 Å². The van der Waals surface area contributed by atoms with Crippen LogP contribution in [0.1, 0.15) is 26.7 Å². The van der Waals surface area contributed by atoms with E-state index < -0.39 is 0 Å². The van der Waals surface area contributed by atoms with Crippen molar-refractivity contribution in [3.8, 4) is 0 Å². The van der Waals surface area contributed by atoms with Gasteiger partial charge in [-0.05, 0) is 20.4 Å². The number of carbonyl (C=O) groups excluding carboxylic acids is 1. The molecule has 0 aliphatic heterocycles. The first-order valence-electron chi connectivity index (χ1n) is 5.17. The molecule has 1 N–H and O–H groups in total. The van der Waals surface area contributed by atoms with Gasteiger partial charge in [0.05, 0.1) is 13.2 Å². The van der Waals surface area contributed by atoms with Crippen molar-refractivity contribution in [2.75, 3.05) is 26.9 Å². The number of nitrogens with one attached hydrogen (secondary N) is 1. The Morgan fingerprint density at radius 2 is 2.14 bits per heavy atom. The van der Waals surface area contributed by atoms with Gasteiger partial charge in [0.2, 0.25) is 0 Å². The van der Waals surface area contributed by atoms with Gasteiger partial charge in [-0.1, -0.05) is 13.3 Å². The smallest absolute Gasteiger partial charge is 0.325 e. The number of ether oxygens (including phenoxy) is 2. The van der Waals surface area contributed by atoms with Crippen molar-refractivity contribution in [3.05, 3.63) is 0 Å². The number of rotatable bonds is 8. The predicted molar refractivity (Wildman–Crippen MR) is 55.2 cm³/mol. The van der Waals surface area contributed by atoms with Gasteiger partial charge in [-0.2, -0.15) is 0 Å². The summed E-state index contributed by atoms with van der Waals surface area (Å²) in [6.07, 6.45) is 2.13. The number of carbonyl (C=O) groups is 1. The van der Waals surface area contributed by atoms with E-state index in [1.54, 1.807) is 14.0 Å². The molecular formula is C10H21NO3. The van der Waals surface area contributed by atoms with Crippen LogP contribution in [0.15, 0.2) is 0 Å². The van der Waals surface area contributed by atoms with Crippen LogP contribution in [0.2, 0.25) is 0 Å². The third-order valence-corrected chi connectivity index (χ3v) is 1.85. The van der Waals surface area contributed by atoms with Crippen molar-refractivity contribution in [1.29, 1.82) is 0 Å². The maximum Gasteiger partial charge on any atom is 0.325 e. The topological polar surface area (TPSA) is 47.6 Å². The SMILES string of the molecule is CCCCOCC(NC)C(=O)OCC. The fourth-order valence-corrected chi connectivity index (χ4v) is 0.960. The summed E-state index contributed by atoms with van der Waals surface area (Å²) in [6.45, 7) is 5.39. The number of likely N-dealkylation sites (N-methyl/N-ethyl adjacent to an activating group) is 1. The van der Waals surface area contributed by atoms with Crippen molar-refractivity contribution >= 4 is 5.97 Å². The Kier molecular flexibility index (Phi) is 8.57. The van der Waals surface area contributed by atoms with E-state index in [1.165, 1.54) is 0 Å². The van der Waals surface area contributed by atoms with Crippen LogP contribution in [0, 0.1) is 0 Å². The highest BCUT2D eigenvalue weighted by molar-refractivity contribution is 5.75. The molecule has 0 spiro atoms. The van der Waals surface area contributed by atoms with Crippen LogP contribution in [0.5, 0.6) is 0 Å². The Bertz CT molecular complexity index is 150. The zero-order valence-electron chi connectivity index (χ0n) is 9.34. The summed E-state index contributed by atoms with van der Waals surface area (Å²) in [5.74, 6) is -0.244. The molecule has 0 aliphatic rings. The summed E-state index contributed by atoms with van der Waals surface area (Å²) in [4.78, 5) is 11.3. The Morgan fingerprint density at radius 1 is 1.43 bits per heavy atom. The number of hydrogen-bond donors (Lipinski definition) is 1. The van der Waals surface area contributed by atoms with Gasteiger partial charge in [0.1, 0.15) is 6.04 Å². The zero-order valence-corrected chi connectivity index (χ0v) is 9.34. The molecular weight excluding hydrogens is 182 g/mol. The van der Waals surface area contributed by atoms with Gasteiger partial charge in [0.25, 0.3) is 0 Å². The van der Waals surface area contributed by atoms with Crippen LogP contribution in [-0.4, -0.2) is 38.9 Å². The van der Waals surface area contributed by atoms with Gasteiger partial charge in [-0.3, -0.25) is 4.79 Å². The second-order valence-corrected chi connectivity index (χ2v) is 3.02. The highest BCUT2D eigenvalue weighted by Gasteiger charge is 2.16. The van der Waals surface area contributed by atoms with E-state index in [-0.39, 0.29) is 12.0 Å². The normalized spacial score (nSPS) is 12.5. The molecule has 4 heteroatoms. The molecule has 0 fully saturated rings. The standard InChI is InChI=1S/C10H21NO3/c1-4-6-7-13-8-9(11-3)10(12)14-5-2/h9,11H,4-8H2,1-3H3. The molecule has 14 heavy (non-hydrogen) atoms.